The number of fused-ring (bicyclic) bond motifs is 1. The number of amides is 1. The van der Waals surface area contributed by atoms with E-state index < -0.39 is 5.54 Å². The van der Waals surface area contributed by atoms with E-state index in [2.05, 4.69) is 26.6 Å². The molecule has 1 heterocycles. The van der Waals surface area contributed by atoms with Crippen molar-refractivity contribution in [3.05, 3.63) is 16.6 Å². The summed E-state index contributed by atoms with van der Waals surface area (Å²) in [6.45, 7) is 4.68. The average Bonchev–Trinajstić information content (AvgIpc) is 2.39. The van der Waals surface area contributed by atoms with Crippen molar-refractivity contribution >= 4 is 27.5 Å². The Bertz CT molecular complexity index is 503. The summed E-state index contributed by atoms with van der Waals surface area (Å²) in [5, 5.41) is 5.83. The highest BCUT2D eigenvalue weighted by Gasteiger charge is 2.26. The van der Waals surface area contributed by atoms with Gasteiger partial charge in [0, 0.05) is 16.6 Å². The zero-order valence-corrected chi connectivity index (χ0v) is 12.8. The summed E-state index contributed by atoms with van der Waals surface area (Å²) < 4.78 is 11.7. The highest BCUT2D eigenvalue weighted by molar-refractivity contribution is 9.10. The Balaban J connectivity index is 2.24. The first-order valence-corrected chi connectivity index (χ1v) is 6.83. The Hall–Kier alpha value is -1.27. The van der Waals surface area contributed by atoms with Gasteiger partial charge in [-0.3, -0.25) is 4.79 Å². The molecule has 1 aromatic carbocycles. The van der Waals surface area contributed by atoms with Crippen molar-refractivity contribution in [2.24, 2.45) is 0 Å². The van der Waals surface area contributed by atoms with Gasteiger partial charge in [0.25, 0.3) is 0 Å². The predicted octanol–water partition coefficient (Wildman–Crippen LogP) is 2.16. The highest BCUT2D eigenvalue weighted by Crippen LogP contribution is 2.38. The van der Waals surface area contributed by atoms with Crippen LogP contribution in [0.1, 0.15) is 13.8 Å². The third-order valence-corrected chi connectivity index (χ3v) is 3.73. The molecule has 1 amide bonds. The monoisotopic (exact) mass is 328 g/mol. The lowest BCUT2D eigenvalue weighted by Gasteiger charge is -2.24. The number of nitrogens with one attached hydrogen (secondary N) is 2. The first kappa shape index (κ1) is 14.1. The van der Waals surface area contributed by atoms with Crippen LogP contribution in [0.4, 0.5) is 5.69 Å². The van der Waals surface area contributed by atoms with Crippen LogP contribution in [-0.4, -0.2) is 31.7 Å². The first-order chi connectivity index (χ1) is 8.94. The van der Waals surface area contributed by atoms with Crippen LogP contribution in [0.15, 0.2) is 16.6 Å². The van der Waals surface area contributed by atoms with Crippen molar-refractivity contribution < 1.29 is 14.3 Å². The largest absolute Gasteiger partial charge is 0.486 e. The second-order valence-corrected chi connectivity index (χ2v) is 5.66. The maximum Gasteiger partial charge on any atom is 0.244 e. The van der Waals surface area contributed by atoms with Crippen LogP contribution >= 0.6 is 15.9 Å². The van der Waals surface area contributed by atoms with Crippen molar-refractivity contribution in [1.82, 2.24) is 5.32 Å². The van der Waals surface area contributed by atoms with Gasteiger partial charge in [-0.2, -0.15) is 0 Å². The van der Waals surface area contributed by atoms with E-state index in [0.29, 0.717) is 30.4 Å². The van der Waals surface area contributed by atoms with Crippen molar-refractivity contribution in [2.75, 3.05) is 25.6 Å². The molecule has 0 atom stereocenters. The number of hydrogen-bond acceptors (Lipinski definition) is 4. The molecule has 2 N–H and O–H groups in total. The van der Waals surface area contributed by atoms with E-state index >= 15 is 0 Å². The van der Waals surface area contributed by atoms with Crippen molar-refractivity contribution in [1.29, 1.82) is 0 Å². The van der Waals surface area contributed by atoms with Gasteiger partial charge in [-0.05, 0) is 36.8 Å². The first-order valence-electron chi connectivity index (χ1n) is 6.03. The Morgan fingerprint density at radius 1 is 1.26 bits per heavy atom. The number of rotatable bonds is 3. The Morgan fingerprint density at radius 3 is 2.42 bits per heavy atom. The molecule has 0 unspecified atom stereocenters. The van der Waals surface area contributed by atoms with Gasteiger partial charge in [0.1, 0.15) is 13.2 Å². The van der Waals surface area contributed by atoms with E-state index in [1.165, 1.54) is 0 Å². The molecule has 0 aliphatic carbocycles. The third-order valence-electron chi connectivity index (χ3n) is 3.07. The molecule has 0 fully saturated rings. The molecule has 2 rings (SSSR count). The van der Waals surface area contributed by atoms with Gasteiger partial charge in [-0.1, -0.05) is 0 Å². The topological polar surface area (TPSA) is 59.6 Å². The Labute approximate surface area is 120 Å². The standard InChI is InChI=1S/C13H17BrN2O3/c1-13(2,15-3)12(17)16-9-7-11-10(6-8(9)14)18-4-5-19-11/h6-7,15H,4-5H2,1-3H3,(H,16,17). The van der Waals surface area contributed by atoms with Crippen LogP contribution < -0.4 is 20.1 Å². The molecular weight excluding hydrogens is 312 g/mol. The van der Waals surface area contributed by atoms with Crippen molar-refractivity contribution in [2.45, 2.75) is 19.4 Å². The van der Waals surface area contributed by atoms with Crippen LogP contribution in [0.25, 0.3) is 0 Å². The molecule has 0 bridgehead atoms. The molecular formula is C13H17BrN2O3. The molecule has 0 spiro atoms. The SMILES string of the molecule is CNC(C)(C)C(=O)Nc1cc2c(cc1Br)OCCO2. The minimum absolute atomic E-state index is 0.118. The van der Waals surface area contributed by atoms with E-state index in [9.17, 15) is 4.79 Å². The number of anilines is 1. The Morgan fingerprint density at radius 2 is 1.84 bits per heavy atom. The number of hydrogen-bond donors (Lipinski definition) is 2. The van der Waals surface area contributed by atoms with Crippen molar-refractivity contribution in [3.8, 4) is 11.5 Å². The van der Waals surface area contributed by atoms with Gasteiger partial charge in [0.15, 0.2) is 11.5 Å². The van der Waals surface area contributed by atoms with Crippen LogP contribution in [0.3, 0.4) is 0 Å². The quantitative estimate of drug-likeness (QED) is 0.892. The fraction of sp³-hybridized carbons (Fsp3) is 0.462. The molecule has 0 aromatic heterocycles. The molecule has 1 aliphatic heterocycles. The number of ether oxygens (including phenoxy) is 2. The third kappa shape index (κ3) is 3.01. The fourth-order valence-corrected chi connectivity index (χ4v) is 1.97. The van der Waals surface area contributed by atoms with Gasteiger partial charge < -0.3 is 20.1 Å². The minimum Gasteiger partial charge on any atom is -0.486 e. The molecule has 5 nitrogen and oxygen atoms in total. The van der Waals surface area contributed by atoms with Crippen LogP contribution in [-0.2, 0) is 4.79 Å². The number of benzene rings is 1. The maximum absolute atomic E-state index is 12.1. The highest BCUT2D eigenvalue weighted by atomic mass is 79.9. The summed E-state index contributed by atoms with van der Waals surface area (Å²) >= 11 is 3.42. The van der Waals surface area contributed by atoms with Gasteiger partial charge in [0.2, 0.25) is 5.91 Å². The average molecular weight is 329 g/mol. The summed E-state index contributed by atoms with van der Waals surface area (Å²) in [6, 6.07) is 3.57. The second-order valence-electron chi connectivity index (χ2n) is 4.80. The summed E-state index contributed by atoms with van der Waals surface area (Å²) in [7, 11) is 1.75. The lowest BCUT2D eigenvalue weighted by Crippen LogP contribution is -2.47. The summed E-state index contributed by atoms with van der Waals surface area (Å²) in [5.41, 5.74) is 0.0183. The van der Waals surface area contributed by atoms with Crippen LogP contribution in [0.5, 0.6) is 11.5 Å². The molecule has 19 heavy (non-hydrogen) atoms. The van der Waals surface area contributed by atoms with Gasteiger partial charge in [-0.15, -0.1) is 0 Å². The summed E-state index contributed by atoms with van der Waals surface area (Å²) in [6.07, 6.45) is 0. The number of halogens is 1. The summed E-state index contributed by atoms with van der Waals surface area (Å²) in [4.78, 5) is 12.1. The van der Waals surface area contributed by atoms with Gasteiger partial charge in [-0.25, -0.2) is 0 Å². The van der Waals surface area contributed by atoms with Crippen LogP contribution in [0, 0.1) is 0 Å². The van der Waals surface area contributed by atoms with Crippen LogP contribution in [0.2, 0.25) is 0 Å². The number of carbonyl (C=O) groups is 1. The van der Waals surface area contributed by atoms with Crippen molar-refractivity contribution in [3.63, 3.8) is 0 Å². The number of likely N-dealkylation sites (N-methyl/N-ethyl adjacent to an activating group) is 1. The molecule has 104 valence electrons. The minimum atomic E-state index is -0.646. The zero-order chi connectivity index (χ0) is 14.0. The van der Waals surface area contributed by atoms with E-state index in [-0.39, 0.29) is 5.91 Å². The molecule has 1 aliphatic rings. The molecule has 0 saturated heterocycles. The molecule has 0 saturated carbocycles. The summed E-state index contributed by atoms with van der Waals surface area (Å²) in [5.74, 6) is 1.21. The fourth-order valence-electron chi connectivity index (χ4n) is 1.55. The second kappa shape index (κ2) is 5.38. The molecule has 6 heteroatoms. The number of carbonyl (C=O) groups excluding carboxylic acids is 1. The lowest BCUT2D eigenvalue weighted by molar-refractivity contribution is -0.121. The maximum atomic E-state index is 12.1. The van der Waals surface area contributed by atoms with E-state index in [1.807, 2.05) is 13.8 Å². The molecule has 1 aromatic rings. The van der Waals surface area contributed by atoms with E-state index in [4.69, 9.17) is 9.47 Å². The van der Waals surface area contributed by atoms with Gasteiger partial charge in [0.05, 0.1) is 11.2 Å². The predicted molar refractivity (Wildman–Crippen MR) is 76.9 cm³/mol. The smallest absolute Gasteiger partial charge is 0.244 e. The lowest BCUT2D eigenvalue weighted by atomic mass is 10.1. The Kier molecular flexibility index (Phi) is 4.01. The van der Waals surface area contributed by atoms with E-state index in [0.717, 1.165) is 4.47 Å². The zero-order valence-electron chi connectivity index (χ0n) is 11.2. The normalized spacial score (nSPS) is 14.1. The van der Waals surface area contributed by atoms with E-state index in [1.54, 1.807) is 19.2 Å². The molecule has 0 radical (unpaired) electrons. The van der Waals surface area contributed by atoms with Gasteiger partial charge >= 0.3 is 0 Å².